The van der Waals surface area contributed by atoms with Crippen molar-refractivity contribution < 1.29 is 56.1 Å². The molecule has 3 rings (SSSR count). The third-order valence-corrected chi connectivity index (χ3v) is 8.49. The second kappa shape index (κ2) is 8.76. The number of nitrogens with zero attached hydrogens (tertiary/aromatic N) is 4. The summed E-state index contributed by atoms with van der Waals surface area (Å²) in [4.78, 5) is 47.7. The van der Waals surface area contributed by atoms with Crippen molar-refractivity contribution in [1.82, 2.24) is 19.5 Å². The molecule has 1 aliphatic heterocycles. The van der Waals surface area contributed by atoms with E-state index in [9.17, 15) is 28.4 Å². The van der Waals surface area contributed by atoms with Gasteiger partial charge < -0.3 is 39.7 Å². The highest BCUT2D eigenvalue weighted by Gasteiger charge is 2.47. The van der Waals surface area contributed by atoms with E-state index in [1.54, 1.807) is 0 Å². The number of aliphatic hydroxyl groups is 1. The van der Waals surface area contributed by atoms with Gasteiger partial charge in [-0.2, -0.15) is 4.31 Å². The van der Waals surface area contributed by atoms with E-state index in [1.165, 1.54) is 0 Å². The number of fused-ring (bicyclic) bond motifs is 1. The van der Waals surface area contributed by atoms with Crippen LogP contribution in [-0.2, 0) is 38.8 Å². The molecular weight excluding hydrogens is 510 g/mol. The molecule has 31 heavy (non-hydrogen) atoms. The number of hydrogen-bond acceptors (Lipinski definition) is 12. The van der Waals surface area contributed by atoms with Gasteiger partial charge in [0.05, 0.1) is 12.9 Å². The van der Waals surface area contributed by atoms with Crippen LogP contribution in [-0.4, -0.2) is 69.2 Å². The van der Waals surface area contributed by atoms with Gasteiger partial charge in [0.25, 0.3) is 0 Å². The molecule has 0 saturated carbocycles. The van der Waals surface area contributed by atoms with Crippen molar-refractivity contribution in [3.63, 3.8) is 0 Å². The highest BCUT2D eigenvalue weighted by molar-refractivity contribution is 8.08. The molecule has 4 unspecified atom stereocenters. The van der Waals surface area contributed by atoms with Crippen molar-refractivity contribution in [1.29, 1.82) is 0 Å². The summed E-state index contributed by atoms with van der Waals surface area (Å²) in [7, 11) is -11.0. The Bertz CT molecular complexity index is 1110. The number of nitrogen functional groups attached to an aromatic ring is 1. The smallest absolute Gasteiger partial charge is 0.387 e. The molecule has 21 heteroatoms. The molecule has 0 spiro atoms. The number of alkyl halides is 1. The second-order valence-corrected chi connectivity index (χ2v) is 11.8. The van der Waals surface area contributed by atoms with Crippen molar-refractivity contribution in [2.45, 2.75) is 24.6 Å². The zero-order valence-corrected chi connectivity index (χ0v) is 18.4. The second-order valence-electron chi connectivity index (χ2n) is 5.97. The molecular formula is C10H15FN5O11P3S. The van der Waals surface area contributed by atoms with Crippen LogP contribution in [0.2, 0.25) is 0 Å². The molecule has 0 aromatic carbocycles. The molecule has 7 N–H and O–H groups in total. The van der Waals surface area contributed by atoms with E-state index in [1.807, 2.05) is 0 Å². The van der Waals surface area contributed by atoms with Crippen LogP contribution in [0.5, 0.6) is 0 Å². The molecule has 2 aromatic heterocycles. The maximum Gasteiger partial charge on any atom is 0.488 e. The predicted octanol–water partition coefficient (Wildman–Crippen LogP) is -0.535. The van der Waals surface area contributed by atoms with Gasteiger partial charge in [0.2, 0.25) is 0 Å². The summed E-state index contributed by atoms with van der Waals surface area (Å²) in [5, 5.41) is 10.1. The summed E-state index contributed by atoms with van der Waals surface area (Å²) >= 11 is 4.45. The number of anilines is 1. The molecule has 0 amide bonds. The van der Waals surface area contributed by atoms with E-state index in [0.717, 1.165) is 17.2 Å². The van der Waals surface area contributed by atoms with Gasteiger partial charge in [0, 0.05) is 0 Å². The fraction of sp³-hybridized carbons (Fsp3) is 0.500. The lowest BCUT2D eigenvalue weighted by molar-refractivity contribution is -0.0428. The summed E-state index contributed by atoms with van der Waals surface area (Å²) in [6, 6.07) is 0. The Hall–Kier alpha value is -0.970. The summed E-state index contributed by atoms with van der Waals surface area (Å²) in [5.41, 5.74) is 5.93. The number of nitrogens with two attached hydrogens (primary N) is 1. The third kappa shape index (κ3) is 5.89. The van der Waals surface area contributed by atoms with E-state index in [2.05, 4.69) is 35.4 Å². The topological polar surface area (TPSA) is 242 Å². The van der Waals surface area contributed by atoms with Gasteiger partial charge in [0.15, 0.2) is 23.9 Å². The van der Waals surface area contributed by atoms with Crippen molar-refractivity contribution >= 4 is 51.2 Å². The average Bonchev–Trinajstić information content (AvgIpc) is 3.13. The molecule has 0 bridgehead atoms. The highest BCUT2D eigenvalue weighted by atomic mass is 32.5. The molecule has 6 atom stereocenters. The standard InChI is InChI=1S/C10H15FN5O11P3S/c11-5-7(17)4(1-24-30(23,31)27-29(21,22)26-28(18,19)20)25-10(5)16-3-15-6-8(12)13-2-14-9(6)16/h2-5,7,10,17H,1H2,(H,21,22)(H,23,31)(H2,12,13,14)(H2,18,19,20)/t4-,5?,7?,10-,30?/m1/s1. The summed E-state index contributed by atoms with van der Waals surface area (Å²) in [6.07, 6.45) is -4.45. The van der Waals surface area contributed by atoms with Crippen molar-refractivity contribution in [3.05, 3.63) is 12.7 Å². The fourth-order valence-electron chi connectivity index (χ4n) is 2.59. The van der Waals surface area contributed by atoms with E-state index < -0.39 is 53.6 Å². The number of aromatic nitrogens is 4. The molecule has 3 heterocycles. The van der Waals surface area contributed by atoms with Gasteiger partial charge in [-0.05, 0) is 11.8 Å². The summed E-state index contributed by atoms with van der Waals surface area (Å²) in [5.74, 6) is 0.0293. The first kappa shape index (κ1) is 24.7. The van der Waals surface area contributed by atoms with E-state index >= 15 is 0 Å². The van der Waals surface area contributed by atoms with Crippen LogP contribution in [0.3, 0.4) is 0 Å². The Morgan fingerprint density at radius 1 is 1.23 bits per heavy atom. The minimum absolute atomic E-state index is 0.0293. The predicted molar refractivity (Wildman–Crippen MR) is 101 cm³/mol. The third-order valence-electron chi connectivity index (χ3n) is 3.77. The minimum Gasteiger partial charge on any atom is -0.387 e. The number of aliphatic hydroxyl groups excluding tert-OH is 1. The van der Waals surface area contributed by atoms with Gasteiger partial charge in [-0.25, -0.2) is 32.8 Å². The Labute approximate surface area is 176 Å². The number of phosphoric acid groups is 2. The van der Waals surface area contributed by atoms with Crippen LogP contribution >= 0.6 is 22.4 Å². The van der Waals surface area contributed by atoms with Crippen LogP contribution in [0.25, 0.3) is 11.2 Å². The van der Waals surface area contributed by atoms with Crippen LogP contribution in [0.1, 0.15) is 6.23 Å². The molecule has 16 nitrogen and oxygen atoms in total. The van der Waals surface area contributed by atoms with Crippen LogP contribution in [0.15, 0.2) is 12.7 Å². The molecule has 2 aromatic rings. The van der Waals surface area contributed by atoms with Gasteiger partial charge in [-0.1, -0.05) is 0 Å². The molecule has 0 aliphatic carbocycles. The Balaban J connectivity index is 1.69. The largest absolute Gasteiger partial charge is 0.488 e. The van der Waals surface area contributed by atoms with Gasteiger partial charge in [-0.15, -0.1) is 0 Å². The first-order valence-electron chi connectivity index (χ1n) is 7.88. The highest BCUT2D eigenvalue weighted by Crippen LogP contribution is 2.66. The average molecular weight is 525 g/mol. The van der Waals surface area contributed by atoms with Gasteiger partial charge in [0.1, 0.15) is 24.1 Å². The van der Waals surface area contributed by atoms with Gasteiger partial charge in [-0.3, -0.25) is 4.57 Å². The monoisotopic (exact) mass is 525 g/mol. The van der Waals surface area contributed by atoms with Crippen LogP contribution in [0, 0.1) is 0 Å². The molecule has 0 radical (unpaired) electrons. The zero-order valence-electron chi connectivity index (χ0n) is 14.9. The maximum absolute atomic E-state index is 14.6. The zero-order chi connectivity index (χ0) is 23.2. The first-order chi connectivity index (χ1) is 14.2. The fourth-order valence-corrected chi connectivity index (χ4v) is 6.56. The van der Waals surface area contributed by atoms with Crippen LogP contribution < -0.4 is 5.73 Å². The summed E-state index contributed by atoms with van der Waals surface area (Å²) in [6.45, 7) is -5.47. The molecule has 174 valence electrons. The van der Waals surface area contributed by atoms with Crippen LogP contribution in [0.4, 0.5) is 10.2 Å². The summed E-state index contributed by atoms with van der Waals surface area (Å²) < 4.78 is 55.6. The lowest BCUT2D eigenvalue weighted by atomic mass is 10.1. The SMILES string of the molecule is Nc1ncnc2c1ncn2[C@@H]1O[C@H](COP(O)(=S)OP(=O)(O)OP(=O)(O)O)C(O)C1F. The number of rotatable bonds is 8. The van der Waals surface area contributed by atoms with E-state index in [-0.39, 0.29) is 17.0 Å². The number of hydrogen-bond donors (Lipinski definition) is 6. The number of ether oxygens (including phenoxy) is 1. The number of halogens is 1. The Morgan fingerprint density at radius 3 is 2.55 bits per heavy atom. The quantitative estimate of drug-likeness (QED) is 0.237. The van der Waals surface area contributed by atoms with E-state index in [0.29, 0.717) is 0 Å². The van der Waals surface area contributed by atoms with Crippen molar-refractivity contribution in [3.8, 4) is 0 Å². The molecule has 1 fully saturated rings. The molecule has 1 aliphatic rings. The molecule has 1 saturated heterocycles. The van der Waals surface area contributed by atoms with Gasteiger partial charge >= 0.3 is 22.4 Å². The van der Waals surface area contributed by atoms with Crippen molar-refractivity contribution in [2.75, 3.05) is 12.3 Å². The maximum atomic E-state index is 14.6. The first-order valence-corrected chi connectivity index (χ1v) is 13.5. The normalized spacial score (nSPS) is 28.5. The number of imidazole rings is 1. The van der Waals surface area contributed by atoms with Crippen molar-refractivity contribution in [2.24, 2.45) is 0 Å². The Kier molecular flexibility index (Phi) is 6.97. The minimum atomic E-state index is -5.52. The lowest BCUT2D eigenvalue weighted by Crippen LogP contribution is -2.31. The lowest BCUT2D eigenvalue weighted by Gasteiger charge is -2.21. The Morgan fingerprint density at radius 2 is 1.90 bits per heavy atom. The van der Waals surface area contributed by atoms with E-state index in [4.69, 9.17) is 24.8 Å².